The predicted molar refractivity (Wildman–Crippen MR) is 133 cm³/mol. The number of nitrogens with zero attached hydrogens (tertiary/aromatic N) is 3. The average molecular weight is 481 g/mol. The molecule has 0 aliphatic rings. The Kier molecular flexibility index (Phi) is 7.17. The van der Waals surface area contributed by atoms with Gasteiger partial charge in [0.15, 0.2) is 0 Å². The van der Waals surface area contributed by atoms with E-state index in [2.05, 4.69) is 21.9 Å². The number of aromatic nitrogens is 2. The summed E-state index contributed by atoms with van der Waals surface area (Å²) >= 11 is 0. The van der Waals surface area contributed by atoms with E-state index in [1.807, 2.05) is 0 Å². The van der Waals surface area contributed by atoms with Gasteiger partial charge in [0.05, 0.1) is 5.56 Å². The zero-order valence-corrected chi connectivity index (χ0v) is 18.9. The largest absolute Gasteiger partial charge is 0.489 e. The quantitative estimate of drug-likeness (QED) is 0.260. The lowest BCUT2D eigenvalue weighted by Gasteiger charge is -2.13. The third kappa shape index (κ3) is 5.81. The molecule has 178 valence electrons. The first-order valence-electron chi connectivity index (χ1n) is 10.7. The van der Waals surface area contributed by atoms with Gasteiger partial charge in [-0.15, -0.1) is 0 Å². The van der Waals surface area contributed by atoms with Gasteiger partial charge in [0.2, 0.25) is 5.88 Å². The van der Waals surface area contributed by atoms with Crippen molar-refractivity contribution in [3.8, 4) is 34.6 Å². The number of rotatable bonds is 8. The highest BCUT2D eigenvalue weighted by molar-refractivity contribution is 6.06. The van der Waals surface area contributed by atoms with Crippen LogP contribution in [0.5, 0.6) is 17.4 Å². The van der Waals surface area contributed by atoms with Crippen LogP contribution in [0.15, 0.2) is 91.3 Å². The fraction of sp³-hybridized carbons (Fsp3) is 0.0370. The number of hydrogen-bond donors (Lipinski definition) is 2. The maximum atomic E-state index is 13.1. The number of nitrogen functional groups attached to an aromatic ring is 1. The van der Waals surface area contributed by atoms with E-state index in [4.69, 9.17) is 20.5 Å². The van der Waals surface area contributed by atoms with Crippen LogP contribution in [-0.2, 0) is 11.4 Å². The Labute approximate surface area is 206 Å². The van der Waals surface area contributed by atoms with Crippen molar-refractivity contribution in [1.29, 1.82) is 5.26 Å². The zero-order valence-electron chi connectivity index (χ0n) is 18.9. The summed E-state index contributed by atoms with van der Waals surface area (Å²) in [4.78, 5) is 20.2. The monoisotopic (exact) mass is 481 g/mol. The van der Waals surface area contributed by atoms with E-state index < -0.39 is 5.91 Å². The van der Waals surface area contributed by atoms with E-state index >= 15 is 0 Å². The number of nitrogens with two attached hydrogens (primary N) is 1. The number of hydrogen-bond acceptors (Lipinski definition) is 7. The molecule has 4 rings (SSSR count). The van der Waals surface area contributed by atoms with Gasteiger partial charge in [-0.3, -0.25) is 4.79 Å². The molecule has 9 heteroatoms. The summed E-state index contributed by atoms with van der Waals surface area (Å²) in [5.74, 6) is 0.521. The molecule has 0 saturated heterocycles. The van der Waals surface area contributed by atoms with E-state index in [1.54, 1.807) is 66.7 Å². The molecule has 36 heavy (non-hydrogen) atoms. The van der Waals surface area contributed by atoms with Gasteiger partial charge >= 0.3 is 0 Å². The molecule has 1 amide bonds. The number of amides is 1. The number of nitrogens with one attached hydrogen (secondary N) is 1. The van der Waals surface area contributed by atoms with Crippen LogP contribution in [0.4, 0.5) is 15.9 Å². The van der Waals surface area contributed by atoms with Crippen LogP contribution in [0.2, 0.25) is 0 Å². The lowest BCUT2D eigenvalue weighted by molar-refractivity contribution is -0.112. The molecule has 0 spiro atoms. The minimum absolute atomic E-state index is 0.211. The van der Waals surface area contributed by atoms with Crippen molar-refractivity contribution in [2.45, 2.75) is 6.61 Å². The van der Waals surface area contributed by atoms with E-state index in [-0.39, 0.29) is 23.1 Å². The lowest BCUT2D eigenvalue weighted by atomic mass is 10.1. The van der Waals surface area contributed by atoms with Gasteiger partial charge in [0.1, 0.15) is 47.7 Å². The molecule has 0 bridgehead atoms. The second-order valence-corrected chi connectivity index (χ2v) is 7.55. The van der Waals surface area contributed by atoms with E-state index in [9.17, 15) is 9.18 Å². The normalized spacial score (nSPS) is 10.2. The second-order valence-electron chi connectivity index (χ2n) is 7.55. The molecule has 1 aromatic heterocycles. The molecule has 4 aromatic rings. The smallest absolute Gasteiger partial charge is 0.265 e. The molecule has 0 radical (unpaired) electrons. The Morgan fingerprint density at radius 1 is 1.06 bits per heavy atom. The summed E-state index contributed by atoms with van der Waals surface area (Å²) in [7, 11) is 0. The van der Waals surface area contributed by atoms with Gasteiger partial charge in [-0.05, 0) is 47.5 Å². The summed E-state index contributed by atoms with van der Waals surface area (Å²) in [6.45, 7) is 3.68. The molecule has 8 nitrogen and oxygen atoms in total. The van der Waals surface area contributed by atoms with Crippen LogP contribution in [-0.4, -0.2) is 15.9 Å². The standard InChI is InChI=1S/C27H20FN5O3/c1-17(14-29)26(34)33-21-3-2-4-23(13-21)36-27-24(25(30)31-16-32-27)19-7-11-22(12-8-19)35-15-18-5-9-20(28)10-6-18/h2-13,16H,1,15H2,(H,33,34)(H2,30,31,32). The summed E-state index contributed by atoms with van der Waals surface area (Å²) in [5, 5.41) is 11.4. The minimum Gasteiger partial charge on any atom is -0.489 e. The van der Waals surface area contributed by atoms with E-state index in [1.165, 1.54) is 18.5 Å². The SMILES string of the molecule is C=C(C#N)C(=O)Nc1cccc(Oc2ncnc(N)c2-c2ccc(OCc3ccc(F)cc3)cc2)c1. The third-order valence-electron chi connectivity index (χ3n) is 5.02. The number of ether oxygens (including phenoxy) is 2. The maximum Gasteiger partial charge on any atom is 0.265 e. The fourth-order valence-corrected chi connectivity index (χ4v) is 3.20. The maximum absolute atomic E-state index is 13.1. The van der Waals surface area contributed by atoms with Crippen LogP contribution in [0, 0.1) is 17.1 Å². The number of benzene rings is 3. The first-order valence-corrected chi connectivity index (χ1v) is 10.7. The molecule has 0 aliphatic carbocycles. The van der Waals surface area contributed by atoms with E-state index in [0.29, 0.717) is 34.9 Å². The summed E-state index contributed by atoms with van der Waals surface area (Å²) < 4.78 is 24.8. The highest BCUT2D eigenvalue weighted by atomic mass is 19.1. The van der Waals surface area contributed by atoms with Crippen molar-refractivity contribution in [3.63, 3.8) is 0 Å². The van der Waals surface area contributed by atoms with Crippen molar-refractivity contribution in [2.75, 3.05) is 11.1 Å². The van der Waals surface area contributed by atoms with Crippen LogP contribution >= 0.6 is 0 Å². The molecule has 0 unspecified atom stereocenters. The first kappa shape index (κ1) is 23.9. The Bertz CT molecular complexity index is 1450. The number of carbonyl (C=O) groups is 1. The first-order chi connectivity index (χ1) is 17.4. The molecule has 0 aliphatic heterocycles. The number of anilines is 2. The summed E-state index contributed by atoms with van der Waals surface area (Å²) in [6, 6.07) is 21.5. The summed E-state index contributed by atoms with van der Waals surface area (Å²) in [5.41, 5.74) is 8.37. The fourth-order valence-electron chi connectivity index (χ4n) is 3.20. The molecule has 3 N–H and O–H groups in total. The highest BCUT2D eigenvalue weighted by Crippen LogP contribution is 2.36. The lowest BCUT2D eigenvalue weighted by Crippen LogP contribution is -2.12. The molecular weight excluding hydrogens is 461 g/mol. The number of nitriles is 1. The van der Waals surface area contributed by atoms with Crippen LogP contribution in [0.25, 0.3) is 11.1 Å². The predicted octanol–water partition coefficient (Wildman–Crippen LogP) is 5.25. The Balaban J connectivity index is 1.51. The van der Waals surface area contributed by atoms with Gasteiger partial charge in [-0.2, -0.15) is 5.26 Å². The van der Waals surface area contributed by atoms with Crippen molar-refractivity contribution in [2.24, 2.45) is 0 Å². The van der Waals surface area contributed by atoms with Crippen molar-refractivity contribution < 1.29 is 18.7 Å². The zero-order chi connectivity index (χ0) is 25.5. The van der Waals surface area contributed by atoms with Gasteiger partial charge in [-0.1, -0.05) is 36.9 Å². The Hall–Kier alpha value is -5.23. The molecule has 1 heterocycles. The van der Waals surface area contributed by atoms with Crippen LogP contribution < -0.4 is 20.5 Å². The Morgan fingerprint density at radius 3 is 2.53 bits per heavy atom. The van der Waals surface area contributed by atoms with Crippen molar-refractivity contribution in [1.82, 2.24) is 9.97 Å². The molecule has 0 atom stereocenters. The Morgan fingerprint density at radius 2 is 1.81 bits per heavy atom. The molecular formula is C27H20FN5O3. The average Bonchev–Trinajstić information content (AvgIpc) is 2.88. The van der Waals surface area contributed by atoms with Crippen molar-refractivity contribution >= 4 is 17.4 Å². The molecule has 3 aromatic carbocycles. The van der Waals surface area contributed by atoms with Gasteiger partial charge in [0.25, 0.3) is 5.91 Å². The topological polar surface area (TPSA) is 123 Å². The van der Waals surface area contributed by atoms with Gasteiger partial charge in [0, 0.05) is 11.8 Å². The van der Waals surface area contributed by atoms with Crippen LogP contribution in [0.3, 0.4) is 0 Å². The number of carbonyl (C=O) groups excluding carboxylic acids is 1. The van der Waals surface area contributed by atoms with E-state index in [0.717, 1.165) is 5.56 Å². The number of halogens is 1. The molecule has 0 saturated carbocycles. The second kappa shape index (κ2) is 10.8. The minimum atomic E-state index is -0.608. The van der Waals surface area contributed by atoms with Crippen LogP contribution in [0.1, 0.15) is 5.56 Å². The van der Waals surface area contributed by atoms with Gasteiger partial charge in [-0.25, -0.2) is 14.4 Å². The third-order valence-corrected chi connectivity index (χ3v) is 5.02. The summed E-state index contributed by atoms with van der Waals surface area (Å²) in [6.07, 6.45) is 1.29. The highest BCUT2D eigenvalue weighted by Gasteiger charge is 2.15. The molecule has 0 fully saturated rings. The van der Waals surface area contributed by atoms with Crippen molar-refractivity contribution in [3.05, 3.63) is 103 Å². The van der Waals surface area contributed by atoms with Gasteiger partial charge < -0.3 is 20.5 Å².